The molecule has 0 fully saturated rings. The van der Waals surface area contributed by atoms with Crippen molar-refractivity contribution in [1.82, 2.24) is 4.90 Å². The van der Waals surface area contributed by atoms with Crippen LogP contribution in [-0.4, -0.2) is 24.4 Å². The largest absolute Gasteiger partial charge is 0.455 e. The van der Waals surface area contributed by atoms with Gasteiger partial charge in [-0.3, -0.25) is 9.59 Å². The van der Waals surface area contributed by atoms with Crippen molar-refractivity contribution in [2.45, 2.75) is 33.2 Å². The Bertz CT molecular complexity index is 1580. The molecule has 36 heavy (non-hydrogen) atoms. The molecule has 1 atom stereocenters. The Hall–Kier alpha value is -4.12. The number of nitrogens with zero attached hydrogens (tertiary/aromatic N) is 1. The SMILES string of the molecule is C=Cc1ccccc1NC(C)c1cc(C)cc2c(=O)c(C)c(-c3ccc4c(c3)CCN(C)C4=O)oc12. The molecule has 0 saturated heterocycles. The Morgan fingerprint density at radius 3 is 2.64 bits per heavy atom. The van der Waals surface area contributed by atoms with Crippen LogP contribution in [0.2, 0.25) is 0 Å². The number of amides is 1. The molecule has 1 aromatic heterocycles. The first-order valence-electron chi connectivity index (χ1n) is 12.2. The van der Waals surface area contributed by atoms with E-state index in [9.17, 15) is 9.59 Å². The molecule has 182 valence electrons. The number of rotatable bonds is 5. The molecule has 0 radical (unpaired) electrons. The van der Waals surface area contributed by atoms with Gasteiger partial charge in [-0.05, 0) is 68.1 Å². The standard InChI is InChI=1S/C31H30N2O3/c1-6-21-9-7-8-10-27(21)32-20(4)25-15-18(2)16-26-28(34)19(3)29(36-30(25)26)23-11-12-24-22(17-23)13-14-33(5)31(24)35/h6-12,15-17,20,32H,1,13-14H2,2-5H3. The number of benzene rings is 3. The number of hydrogen-bond acceptors (Lipinski definition) is 4. The summed E-state index contributed by atoms with van der Waals surface area (Å²) in [6.07, 6.45) is 2.60. The van der Waals surface area contributed by atoms with Crippen LogP contribution in [0.4, 0.5) is 5.69 Å². The maximum Gasteiger partial charge on any atom is 0.253 e. The lowest BCUT2D eigenvalue weighted by atomic mass is 9.94. The second kappa shape index (κ2) is 9.15. The summed E-state index contributed by atoms with van der Waals surface area (Å²) in [6, 6.07) is 17.6. The molecular weight excluding hydrogens is 448 g/mol. The van der Waals surface area contributed by atoms with E-state index in [1.807, 2.05) is 75.5 Å². The summed E-state index contributed by atoms with van der Waals surface area (Å²) in [5, 5.41) is 4.14. The third-order valence-electron chi connectivity index (χ3n) is 7.07. The van der Waals surface area contributed by atoms with Crippen molar-refractivity contribution >= 4 is 28.6 Å². The average Bonchev–Trinajstić information content (AvgIpc) is 2.88. The number of para-hydroxylation sites is 1. The van der Waals surface area contributed by atoms with Gasteiger partial charge in [-0.15, -0.1) is 0 Å². The molecule has 2 heterocycles. The van der Waals surface area contributed by atoms with Crippen molar-refractivity contribution in [3.8, 4) is 11.3 Å². The molecule has 1 aliphatic heterocycles. The molecule has 1 N–H and O–H groups in total. The van der Waals surface area contributed by atoms with Crippen LogP contribution in [0.3, 0.4) is 0 Å². The third-order valence-corrected chi connectivity index (χ3v) is 7.07. The molecule has 1 amide bonds. The molecule has 0 saturated carbocycles. The molecule has 0 bridgehead atoms. The number of fused-ring (bicyclic) bond motifs is 2. The lowest BCUT2D eigenvalue weighted by Gasteiger charge is -2.25. The van der Waals surface area contributed by atoms with E-state index >= 15 is 0 Å². The van der Waals surface area contributed by atoms with Crippen LogP contribution in [0.1, 0.15) is 51.1 Å². The number of carbonyl (C=O) groups excluding carboxylic acids is 1. The Balaban J connectivity index is 1.65. The fourth-order valence-corrected chi connectivity index (χ4v) is 5.03. The molecule has 5 nitrogen and oxygen atoms in total. The van der Waals surface area contributed by atoms with Gasteiger partial charge in [0.05, 0.1) is 11.4 Å². The molecule has 0 aliphatic carbocycles. The molecular formula is C31H30N2O3. The van der Waals surface area contributed by atoms with Crippen molar-refractivity contribution in [3.63, 3.8) is 0 Å². The van der Waals surface area contributed by atoms with Crippen molar-refractivity contribution in [1.29, 1.82) is 0 Å². The van der Waals surface area contributed by atoms with Gasteiger partial charge in [0.2, 0.25) is 0 Å². The first-order chi connectivity index (χ1) is 17.3. The van der Waals surface area contributed by atoms with Crippen LogP contribution in [0.5, 0.6) is 0 Å². The highest BCUT2D eigenvalue weighted by molar-refractivity contribution is 5.97. The highest BCUT2D eigenvalue weighted by Gasteiger charge is 2.24. The van der Waals surface area contributed by atoms with Gasteiger partial charge < -0.3 is 14.6 Å². The smallest absolute Gasteiger partial charge is 0.253 e. The maximum atomic E-state index is 13.5. The molecule has 4 aromatic rings. The summed E-state index contributed by atoms with van der Waals surface area (Å²) in [5.74, 6) is 0.572. The number of likely N-dealkylation sites (N-methyl/N-ethyl adjacent to an activating group) is 1. The molecule has 5 heteroatoms. The van der Waals surface area contributed by atoms with E-state index in [2.05, 4.69) is 24.9 Å². The van der Waals surface area contributed by atoms with Crippen molar-refractivity contribution in [2.75, 3.05) is 18.9 Å². The Kier molecular flexibility index (Phi) is 6.00. The van der Waals surface area contributed by atoms with Gasteiger partial charge in [0.15, 0.2) is 5.43 Å². The molecule has 3 aromatic carbocycles. The zero-order chi connectivity index (χ0) is 25.6. The van der Waals surface area contributed by atoms with E-state index in [0.29, 0.717) is 34.4 Å². The molecule has 1 unspecified atom stereocenters. The third kappa shape index (κ3) is 4.01. The van der Waals surface area contributed by atoms with Crippen molar-refractivity contribution in [3.05, 3.63) is 105 Å². The number of anilines is 1. The van der Waals surface area contributed by atoms with Gasteiger partial charge in [-0.25, -0.2) is 0 Å². The van der Waals surface area contributed by atoms with E-state index in [-0.39, 0.29) is 17.4 Å². The van der Waals surface area contributed by atoms with Gasteiger partial charge in [-0.2, -0.15) is 0 Å². The van der Waals surface area contributed by atoms with E-state index in [4.69, 9.17) is 4.42 Å². The number of carbonyl (C=O) groups is 1. The summed E-state index contributed by atoms with van der Waals surface area (Å²) in [7, 11) is 1.82. The summed E-state index contributed by atoms with van der Waals surface area (Å²) in [5.41, 5.74) is 7.50. The van der Waals surface area contributed by atoms with E-state index in [1.54, 1.807) is 4.90 Å². The average molecular weight is 479 g/mol. The zero-order valence-electron chi connectivity index (χ0n) is 21.1. The van der Waals surface area contributed by atoms with Crippen molar-refractivity contribution in [2.24, 2.45) is 0 Å². The monoisotopic (exact) mass is 478 g/mol. The minimum Gasteiger partial charge on any atom is -0.455 e. The van der Waals surface area contributed by atoms with E-state index < -0.39 is 0 Å². The summed E-state index contributed by atoms with van der Waals surface area (Å²) >= 11 is 0. The highest BCUT2D eigenvalue weighted by Crippen LogP contribution is 2.34. The first kappa shape index (κ1) is 23.6. The number of hydrogen-bond donors (Lipinski definition) is 1. The van der Waals surface area contributed by atoms with Crippen LogP contribution >= 0.6 is 0 Å². The van der Waals surface area contributed by atoms with E-state index in [1.165, 1.54) is 0 Å². The van der Waals surface area contributed by atoms with Crippen molar-refractivity contribution < 1.29 is 9.21 Å². The second-order valence-electron chi connectivity index (χ2n) is 9.62. The maximum absolute atomic E-state index is 13.5. The Morgan fingerprint density at radius 1 is 1.08 bits per heavy atom. The minimum absolute atomic E-state index is 0.0250. The Labute approximate surface area is 211 Å². The van der Waals surface area contributed by atoms with Crippen LogP contribution in [0, 0.1) is 13.8 Å². The molecule has 0 spiro atoms. The van der Waals surface area contributed by atoms with Gasteiger partial charge in [0, 0.05) is 41.5 Å². The van der Waals surface area contributed by atoms with Gasteiger partial charge >= 0.3 is 0 Å². The number of nitrogens with one attached hydrogen (secondary N) is 1. The van der Waals surface area contributed by atoms with Gasteiger partial charge in [0.25, 0.3) is 5.91 Å². The summed E-state index contributed by atoms with van der Waals surface area (Å²) in [4.78, 5) is 27.8. The Morgan fingerprint density at radius 2 is 1.86 bits per heavy atom. The second-order valence-corrected chi connectivity index (χ2v) is 9.62. The fraction of sp³-hybridized carbons (Fsp3) is 0.226. The lowest BCUT2D eigenvalue weighted by Crippen LogP contribution is -2.34. The normalized spacial score (nSPS) is 14.0. The van der Waals surface area contributed by atoms with E-state index in [0.717, 1.165) is 39.9 Å². The first-order valence-corrected chi connectivity index (χ1v) is 12.2. The van der Waals surface area contributed by atoms with Gasteiger partial charge in [-0.1, -0.05) is 43.0 Å². The van der Waals surface area contributed by atoms with Crippen LogP contribution in [0.15, 0.2) is 70.4 Å². The highest BCUT2D eigenvalue weighted by atomic mass is 16.3. The predicted octanol–water partition coefficient (Wildman–Crippen LogP) is 6.52. The predicted molar refractivity (Wildman–Crippen MR) is 147 cm³/mol. The summed E-state index contributed by atoms with van der Waals surface area (Å²) in [6.45, 7) is 10.5. The quantitative estimate of drug-likeness (QED) is 0.355. The number of aryl methyl sites for hydroxylation is 1. The fourth-order valence-electron chi connectivity index (χ4n) is 5.03. The lowest BCUT2D eigenvalue weighted by molar-refractivity contribution is 0.0781. The topological polar surface area (TPSA) is 62.6 Å². The van der Waals surface area contributed by atoms with Crippen LogP contribution in [-0.2, 0) is 6.42 Å². The van der Waals surface area contributed by atoms with Crippen LogP contribution in [0.25, 0.3) is 28.4 Å². The molecule has 1 aliphatic rings. The van der Waals surface area contributed by atoms with Gasteiger partial charge in [0.1, 0.15) is 11.3 Å². The minimum atomic E-state index is -0.121. The molecule has 5 rings (SSSR count). The van der Waals surface area contributed by atoms with Crippen LogP contribution < -0.4 is 10.7 Å². The zero-order valence-corrected chi connectivity index (χ0v) is 21.1. The summed E-state index contributed by atoms with van der Waals surface area (Å²) < 4.78 is 6.54.